The van der Waals surface area contributed by atoms with E-state index in [0.717, 1.165) is 51.9 Å². The molecule has 0 aromatic rings. The summed E-state index contributed by atoms with van der Waals surface area (Å²) in [5.41, 5.74) is 0. The molecule has 1 aliphatic heterocycles. The molecular weight excluding hydrogens is 220 g/mol. The third kappa shape index (κ3) is 7.34. The van der Waals surface area contributed by atoms with Crippen LogP contribution in [-0.4, -0.2) is 38.5 Å². The van der Waals surface area contributed by atoms with Crippen molar-refractivity contribution in [3.63, 3.8) is 0 Å². The van der Waals surface area contributed by atoms with Crippen molar-refractivity contribution in [3.8, 4) is 0 Å². The molecule has 1 unspecified atom stereocenters. The molecular formula is C13H24O4. The average molecular weight is 244 g/mol. The lowest BCUT2D eigenvalue weighted by molar-refractivity contribution is -0.143. The minimum Gasteiger partial charge on any atom is -0.466 e. The molecule has 1 rings (SSSR count). The van der Waals surface area contributed by atoms with Gasteiger partial charge >= 0.3 is 5.97 Å². The van der Waals surface area contributed by atoms with E-state index in [1.807, 2.05) is 6.92 Å². The van der Waals surface area contributed by atoms with Crippen LogP contribution in [0.1, 0.15) is 45.4 Å². The summed E-state index contributed by atoms with van der Waals surface area (Å²) in [4.78, 5) is 11.1. The topological polar surface area (TPSA) is 44.8 Å². The molecule has 0 aromatic heterocycles. The first-order valence-corrected chi connectivity index (χ1v) is 6.68. The van der Waals surface area contributed by atoms with Crippen molar-refractivity contribution in [1.82, 2.24) is 0 Å². The van der Waals surface area contributed by atoms with Gasteiger partial charge in [-0.2, -0.15) is 0 Å². The quantitative estimate of drug-likeness (QED) is 0.485. The minimum absolute atomic E-state index is 0.0727. The summed E-state index contributed by atoms with van der Waals surface area (Å²) in [6, 6.07) is 0. The van der Waals surface area contributed by atoms with Crippen molar-refractivity contribution in [2.75, 3.05) is 26.4 Å². The summed E-state index contributed by atoms with van der Waals surface area (Å²) >= 11 is 0. The van der Waals surface area contributed by atoms with Gasteiger partial charge in [-0.05, 0) is 19.8 Å². The minimum atomic E-state index is -0.0727. The van der Waals surface area contributed by atoms with Gasteiger partial charge in [-0.3, -0.25) is 4.79 Å². The van der Waals surface area contributed by atoms with E-state index in [2.05, 4.69) is 0 Å². The van der Waals surface area contributed by atoms with Crippen LogP contribution in [0.5, 0.6) is 0 Å². The first-order chi connectivity index (χ1) is 8.33. The molecule has 0 amide bonds. The summed E-state index contributed by atoms with van der Waals surface area (Å²) in [7, 11) is 0. The predicted octanol–water partition coefficient (Wildman–Crippen LogP) is 2.31. The van der Waals surface area contributed by atoms with Crippen LogP contribution in [0, 0.1) is 0 Å². The SMILES string of the molecule is CCOC(=O)CCCCCCC1COCCO1. The molecule has 0 N–H and O–H groups in total. The van der Waals surface area contributed by atoms with Gasteiger partial charge in [0.25, 0.3) is 0 Å². The zero-order valence-electron chi connectivity index (χ0n) is 10.8. The van der Waals surface area contributed by atoms with Crippen LogP contribution < -0.4 is 0 Å². The van der Waals surface area contributed by atoms with Gasteiger partial charge in [0.15, 0.2) is 0 Å². The third-order valence-electron chi connectivity index (χ3n) is 2.85. The third-order valence-corrected chi connectivity index (χ3v) is 2.85. The van der Waals surface area contributed by atoms with E-state index in [4.69, 9.17) is 14.2 Å². The Hall–Kier alpha value is -0.610. The van der Waals surface area contributed by atoms with Crippen molar-refractivity contribution < 1.29 is 19.0 Å². The van der Waals surface area contributed by atoms with Gasteiger partial charge in [-0.1, -0.05) is 19.3 Å². The van der Waals surface area contributed by atoms with Gasteiger partial charge in [0.05, 0.1) is 32.5 Å². The smallest absolute Gasteiger partial charge is 0.305 e. The van der Waals surface area contributed by atoms with Crippen LogP contribution in [-0.2, 0) is 19.0 Å². The Morgan fingerprint density at radius 2 is 2.06 bits per heavy atom. The van der Waals surface area contributed by atoms with Crippen molar-refractivity contribution in [3.05, 3.63) is 0 Å². The normalized spacial score (nSPS) is 20.2. The van der Waals surface area contributed by atoms with Gasteiger partial charge in [0, 0.05) is 6.42 Å². The Morgan fingerprint density at radius 1 is 1.24 bits per heavy atom. The van der Waals surface area contributed by atoms with Gasteiger partial charge < -0.3 is 14.2 Å². The molecule has 1 aliphatic rings. The van der Waals surface area contributed by atoms with Crippen LogP contribution in [0.15, 0.2) is 0 Å². The van der Waals surface area contributed by atoms with Crippen LogP contribution in [0.3, 0.4) is 0 Å². The predicted molar refractivity (Wildman–Crippen MR) is 64.9 cm³/mol. The van der Waals surface area contributed by atoms with E-state index in [9.17, 15) is 4.79 Å². The highest BCUT2D eigenvalue weighted by Crippen LogP contribution is 2.12. The Balaban J connectivity index is 1.85. The largest absolute Gasteiger partial charge is 0.466 e. The summed E-state index contributed by atoms with van der Waals surface area (Å²) in [5, 5.41) is 0. The Bertz CT molecular complexity index is 200. The zero-order valence-corrected chi connectivity index (χ0v) is 10.8. The summed E-state index contributed by atoms with van der Waals surface area (Å²) in [5.74, 6) is -0.0727. The van der Waals surface area contributed by atoms with E-state index in [0.29, 0.717) is 13.0 Å². The monoisotopic (exact) mass is 244 g/mol. The average Bonchev–Trinajstić information content (AvgIpc) is 2.35. The molecule has 1 heterocycles. The van der Waals surface area contributed by atoms with E-state index < -0.39 is 0 Å². The van der Waals surface area contributed by atoms with Crippen LogP contribution in [0.2, 0.25) is 0 Å². The van der Waals surface area contributed by atoms with E-state index in [-0.39, 0.29) is 12.1 Å². The summed E-state index contributed by atoms with van der Waals surface area (Å²) < 4.78 is 15.8. The van der Waals surface area contributed by atoms with Crippen LogP contribution >= 0.6 is 0 Å². The molecule has 17 heavy (non-hydrogen) atoms. The molecule has 0 radical (unpaired) electrons. The van der Waals surface area contributed by atoms with Gasteiger partial charge in [-0.25, -0.2) is 0 Å². The highest BCUT2D eigenvalue weighted by molar-refractivity contribution is 5.69. The van der Waals surface area contributed by atoms with E-state index in [1.54, 1.807) is 0 Å². The van der Waals surface area contributed by atoms with Crippen molar-refractivity contribution in [1.29, 1.82) is 0 Å². The second-order valence-corrected chi connectivity index (χ2v) is 4.33. The molecule has 4 nitrogen and oxygen atoms in total. The number of hydrogen-bond acceptors (Lipinski definition) is 4. The second-order valence-electron chi connectivity index (χ2n) is 4.33. The Kier molecular flexibility index (Phi) is 8.01. The standard InChI is InChI=1S/C13H24O4/c1-2-16-13(14)8-6-4-3-5-7-12-11-15-9-10-17-12/h12H,2-11H2,1H3. The molecule has 100 valence electrons. The first kappa shape index (κ1) is 14.5. The zero-order chi connectivity index (χ0) is 12.3. The van der Waals surface area contributed by atoms with Gasteiger partial charge in [-0.15, -0.1) is 0 Å². The lowest BCUT2D eigenvalue weighted by atomic mass is 10.1. The molecule has 1 fully saturated rings. The van der Waals surface area contributed by atoms with Crippen molar-refractivity contribution >= 4 is 5.97 Å². The second kappa shape index (κ2) is 9.42. The molecule has 0 aromatic carbocycles. The number of ether oxygens (including phenoxy) is 3. The number of carbonyl (C=O) groups excluding carboxylic acids is 1. The lowest BCUT2D eigenvalue weighted by Gasteiger charge is -2.22. The maximum absolute atomic E-state index is 11.1. The lowest BCUT2D eigenvalue weighted by Crippen LogP contribution is -2.28. The number of rotatable bonds is 8. The molecule has 0 saturated carbocycles. The fourth-order valence-electron chi connectivity index (χ4n) is 1.93. The summed E-state index contributed by atoms with van der Waals surface area (Å²) in [6.07, 6.45) is 6.23. The highest BCUT2D eigenvalue weighted by Gasteiger charge is 2.13. The highest BCUT2D eigenvalue weighted by atomic mass is 16.6. The molecule has 0 bridgehead atoms. The van der Waals surface area contributed by atoms with Gasteiger partial charge in [0.1, 0.15) is 0 Å². The molecule has 1 saturated heterocycles. The number of carbonyl (C=O) groups is 1. The fourth-order valence-corrected chi connectivity index (χ4v) is 1.93. The number of hydrogen-bond donors (Lipinski definition) is 0. The maximum atomic E-state index is 11.1. The maximum Gasteiger partial charge on any atom is 0.305 e. The van der Waals surface area contributed by atoms with Crippen LogP contribution in [0.25, 0.3) is 0 Å². The summed E-state index contributed by atoms with van der Waals surface area (Å²) in [6.45, 7) is 4.52. The first-order valence-electron chi connectivity index (χ1n) is 6.68. The Morgan fingerprint density at radius 3 is 2.76 bits per heavy atom. The molecule has 4 heteroatoms. The van der Waals surface area contributed by atoms with E-state index in [1.165, 1.54) is 0 Å². The van der Waals surface area contributed by atoms with E-state index >= 15 is 0 Å². The number of unbranched alkanes of at least 4 members (excludes halogenated alkanes) is 3. The van der Waals surface area contributed by atoms with Crippen LogP contribution in [0.4, 0.5) is 0 Å². The molecule has 0 spiro atoms. The molecule has 1 atom stereocenters. The van der Waals surface area contributed by atoms with Crippen molar-refractivity contribution in [2.45, 2.75) is 51.6 Å². The number of esters is 1. The van der Waals surface area contributed by atoms with Crippen molar-refractivity contribution in [2.24, 2.45) is 0 Å². The molecule has 0 aliphatic carbocycles. The fraction of sp³-hybridized carbons (Fsp3) is 0.923. The Labute approximate surface area is 104 Å². The van der Waals surface area contributed by atoms with Gasteiger partial charge in [0.2, 0.25) is 0 Å².